The molecule has 1 aromatic carbocycles. The second-order valence-corrected chi connectivity index (χ2v) is 6.91. The smallest absolute Gasteiger partial charge is 0.114 e. The molecule has 3 rings (SSSR count). The summed E-state index contributed by atoms with van der Waals surface area (Å²) in [5, 5.41) is 9.03. The fraction of sp³-hybridized carbons (Fsp3) is 0.529. The minimum absolute atomic E-state index is 0.277. The van der Waals surface area contributed by atoms with Gasteiger partial charge in [-0.15, -0.1) is 0 Å². The summed E-state index contributed by atoms with van der Waals surface area (Å²) in [5.41, 5.74) is 3.32. The maximum absolute atomic E-state index is 9.03. The van der Waals surface area contributed by atoms with Gasteiger partial charge in [0.05, 0.1) is 22.7 Å². The first-order chi connectivity index (χ1) is 9.34. The number of imidazole rings is 1. The van der Waals surface area contributed by atoms with Crippen LogP contribution >= 0.6 is 0 Å². The molecule has 20 heavy (non-hydrogen) atoms. The summed E-state index contributed by atoms with van der Waals surface area (Å²) >= 11 is 0. The predicted molar refractivity (Wildman–Crippen MR) is 80.4 cm³/mol. The van der Waals surface area contributed by atoms with Crippen molar-refractivity contribution in [1.82, 2.24) is 9.55 Å². The van der Waals surface area contributed by atoms with Crippen molar-refractivity contribution in [3.05, 3.63) is 29.6 Å². The molecule has 1 fully saturated rings. The van der Waals surface area contributed by atoms with Crippen LogP contribution in [0, 0.1) is 22.2 Å². The van der Waals surface area contributed by atoms with Crippen LogP contribution in [-0.4, -0.2) is 9.55 Å². The Hall–Kier alpha value is -1.82. The minimum Gasteiger partial charge on any atom is -0.328 e. The van der Waals surface area contributed by atoms with E-state index in [1.54, 1.807) is 0 Å². The van der Waals surface area contributed by atoms with Crippen LogP contribution in [0.3, 0.4) is 0 Å². The third kappa shape index (κ3) is 1.48. The van der Waals surface area contributed by atoms with E-state index >= 15 is 0 Å². The molecule has 0 spiro atoms. The molecule has 0 radical (unpaired) electrons. The van der Waals surface area contributed by atoms with Crippen LogP contribution in [0.25, 0.3) is 11.0 Å². The quantitative estimate of drug-likeness (QED) is 0.822. The van der Waals surface area contributed by atoms with Gasteiger partial charge in [-0.05, 0) is 36.0 Å². The second kappa shape index (κ2) is 3.85. The molecule has 0 aliphatic heterocycles. The minimum atomic E-state index is 0.277. The van der Waals surface area contributed by atoms with Crippen molar-refractivity contribution in [3.8, 4) is 6.07 Å². The van der Waals surface area contributed by atoms with Crippen LogP contribution in [-0.2, 0) is 6.54 Å². The number of nitrogens with zero attached hydrogens (tertiary/aromatic N) is 3. The van der Waals surface area contributed by atoms with Gasteiger partial charge in [0.2, 0.25) is 0 Å². The first-order valence-electron chi connectivity index (χ1n) is 7.25. The highest BCUT2D eigenvalue weighted by molar-refractivity contribution is 5.78. The van der Waals surface area contributed by atoms with E-state index in [1.807, 2.05) is 18.2 Å². The van der Waals surface area contributed by atoms with Crippen molar-refractivity contribution < 1.29 is 0 Å². The lowest BCUT2D eigenvalue weighted by Gasteiger charge is -2.07. The summed E-state index contributed by atoms with van der Waals surface area (Å²) in [4.78, 5) is 4.86. The molecule has 1 heterocycles. The largest absolute Gasteiger partial charge is 0.328 e. The van der Waals surface area contributed by atoms with Crippen molar-refractivity contribution in [2.75, 3.05) is 0 Å². The van der Waals surface area contributed by atoms with E-state index in [0.29, 0.717) is 11.5 Å². The average molecular weight is 267 g/mol. The number of benzene rings is 1. The van der Waals surface area contributed by atoms with Crippen LogP contribution in [0.5, 0.6) is 0 Å². The number of aromatic nitrogens is 2. The lowest BCUT2D eigenvalue weighted by molar-refractivity contribution is 0.457. The maximum Gasteiger partial charge on any atom is 0.114 e. The lowest BCUT2D eigenvalue weighted by Crippen LogP contribution is -2.03. The van der Waals surface area contributed by atoms with E-state index in [4.69, 9.17) is 10.2 Å². The van der Waals surface area contributed by atoms with Crippen molar-refractivity contribution in [2.45, 2.75) is 47.1 Å². The molecule has 2 aromatic rings. The van der Waals surface area contributed by atoms with Crippen molar-refractivity contribution in [3.63, 3.8) is 0 Å². The molecule has 1 aliphatic carbocycles. The third-order valence-corrected chi connectivity index (χ3v) is 5.50. The van der Waals surface area contributed by atoms with Crippen LogP contribution in [0.1, 0.15) is 51.9 Å². The molecule has 1 saturated carbocycles. The monoisotopic (exact) mass is 267 g/mol. The van der Waals surface area contributed by atoms with E-state index in [9.17, 15) is 0 Å². The Labute approximate surface area is 120 Å². The fourth-order valence-corrected chi connectivity index (χ4v) is 3.61. The zero-order valence-corrected chi connectivity index (χ0v) is 12.9. The maximum atomic E-state index is 9.03. The van der Waals surface area contributed by atoms with Gasteiger partial charge in [0.1, 0.15) is 5.82 Å². The molecule has 1 aromatic heterocycles. The van der Waals surface area contributed by atoms with E-state index in [-0.39, 0.29) is 10.8 Å². The Balaban J connectivity index is 2.20. The zero-order valence-electron chi connectivity index (χ0n) is 12.9. The van der Waals surface area contributed by atoms with Gasteiger partial charge in [-0.1, -0.05) is 27.7 Å². The summed E-state index contributed by atoms with van der Waals surface area (Å²) in [6, 6.07) is 7.99. The molecule has 3 heteroatoms. The predicted octanol–water partition coefficient (Wildman–Crippen LogP) is 4.08. The number of fused-ring (bicyclic) bond motifs is 1. The molecule has 0 amide bonds. The summed E-state index contributed by atoms with van der Waals surface area (Å²) in [5.74, 6) is 1.65. The summed E-state index contributed by atoms with van der Waals surface area (Å²) in [6.07, 6.45) is 0. The van der Waals surface area contributed by atoms with Crippen molar-refractivity contribution in [2.24, 2.45) is 10.8 Å². The fourth-order valence-electron chi connectivity index (χ4n) is 3.61. The first kappa shape index (κ1) is 13.2. The number of aryl methyl sites for hydroxylation is 1. The highest BCUT2D eigenvalue weighted by Gasteiger charge is 2.66. The van der Waals surface area contributed by atoms with Crippen LogP contribution in [0.4, 0.5) is 0 Å². The molecule has 104 valence electrons. The Morgan fingerprint density at radius 1 is 1.25 bits per heavy atom. The molecule has 0 saturated heterocycles. The van der Waals surface area contributed by atoms with Crippen molar-refractivity contribution in [1.29, 1.82) is 5.26 Å². The van der Waals surface area contributed by atoms with Crippen molar-refractivity contribution >= 4 is 11.0 Å². The third-order valence-electron chi connectivity index (χ3n) is 5.50. The Bertz CT molecular complexity index is 715. The summed E-state index contributed by atoms with van der Waals surface area (Å²) in [6.45, 7) is 12.3. The van der Waals surface area contributed by atoms with Crippen LogP contribution in [0.15, 0.2) is 18.2 Å². The summed E-state index contributed by atoms with van der Waals surface area (Å²) < 4.78 is 2.30. The molecule has 0 bridgehead atoms. The molecular formula is C17H21N3. The van der Waals surface area contributed by atoms with Crippen LogP contribution < -0.4 is 0 Å². The van der Waals surface area contributed by atoms with Gasteiger partial charge in [0, 0.05) is 12.5 Å². The van der Waals surface area contributed by atoms with Gasteiger partial charge in [0.25, 0.3) is 0 Å². The number of hydrogen-bond acceptors (Lipinski definition) is 2. The van der Waals surface area contributed by atoms with Gasteiger partial charge in [0.15, 0.2) is 0 Å². The van der Waals surface area contributed by atoms with Crippen LogP contribution in [0.2, 0.25) is 0 Å². The number of nitriles is 1. The van der Waals surface area contributed by atoms with Gasteiger partial charge in [-0.3, -0.25) is 0 Å². The van der Waals surface area contributed by atoms with E-state index in [1.165, 1.54) is 5.82 Å². The normalized spacial score (nSPS) is 20.0. The lowest BCUT2D eigenvalue weighted by atomic mass is 10.0. The Kier molecular flexibility index (Phi) is 2.54. The van der Waals surface area contributed by atoms with Gasteiger partial charge < -0.3 is 4.57 Å². The first-order valence-corrected chi connectivity index (χ1v) is 7.25. The topological polar surface area (TPSA) is 41.6 Å². The molecule has 0 unspecified atom stereocenters. The Morgan fingerprint density at radius 3 is 2.40 bits per heavy atom. The van der Waals surface area contributed by atoms with E-state index in [0.717, 1.165) is 17.6 Å². The van der Waals surface area contributed by atoms with Gasteiger partial charge >= 0.3 is 0 Å². The average Bonchev–Trinajstić information content (AvgIpc) is 2.70. The number of rotatable bonds is 2. The highest BCUT2D eigenvalue weighted by Crippen LogP contribution is 2.73. The summed E-state index contributed by atoms with van der Waals surface area (Å²) in [7, 11) is 0. The highest BCUT2D eigenvalue weighted by atomic mass is 15.1. The van der Waals surface area contributed by atoms with E-state index in [2.05, 4.69) is 45.3 Å². The van der Waals surface area contributed by atoms with Gasteiger partial charge in [-0.25, -0.2) is 4.98 Å². The zero-order chi connectivity index (χ0) is 14.7. The van der Waals surface area contributed by atoms with Gasteiger partial charge in [-0.2, -0.15) is 5.26 Å². The molecule has 1 aliphatic rings. The number of hydrogen-bond donors (Lipinski definition) is 0. The molecular weight excluding hydrogens is 246 g/mol. The SMILES string of the molecule is CCn1c(C2C(C)(C)C2(C)C)nc2cc(C#N)ccc21. The second-order valence-electron chi connectivity index (χ2n) is 6.91. The van der Waals surface area contributed by atoms with E-state index < -0.39 is 0 Å². The molecule has 0 atom stereocenters. The standard InChI is InChI=1S/C17H21N3/c1-6-20-13-8-7-11(10-18)9-12(13)19-15(20)14-16(2,3)17(14,4)5/h7-9,14H,6H2,1-5H3. The Morgan fingerprint density at radius 2 is 1.90 bits per heavy atom. The molecule has 3 nitrogen and oxygen atoms in total. The molecule has 0 N–H and O–H groups in total.